The number of aliphatic imine (C=N–C) groups is 1. The van der Waals surface area contributed by atoms with E-state index in [0.29, 0.717) is 12.5 Å². The molecule has 3 rings (SSSR count). The van der Waals surface area contributed by atoms with Crippen LogP contribution in [-0.4, -0.2) is 63.4 Å². The third-order valence-electron chi connectivity index (χ3n) is 5.19. The number of benzene rings is 1. The van der Waals surface area contributed by atoms with Crippen molar-refractivity contribution in [1.82, 2.24) is 15.5 Å². The molecule has 1 heterocycles. The number of hydrogen-bond acceptors (Lipinski definition) is 4. The number of morpholine rings is 1. The molecule has 1 saturated heterocycles. The van der Waals surface area contributed by atoms with Crippen molar-refractivity contribution in [2.75, 3.05) is 52.5 Å². The maximum atomic E-state index is 6.01. The van der Waals surface area contributed by atoms with Crippen LogP contribution in [0.5, 0.6) is 5.75 Å². The first-order valence-corrected chi connectivity index (χ1v) is 10.8. The quantitative estimate of drug-likeness (QED) is 0.285. The van der Waals surface area contributed by atoms with Crippen molar-refractivity contribution in [1.29, 1.82) is 0 Å². The van der Waals surface area contributed by atoms with Gasteiger partial charge in [0.25, 0.3) is 0 Å². The van der Waals surface area contributed by atoms with Gasteiger partial charge in [0.1, 0.15) is 5.75 Å². The number of ether oxygens (including phenoxy) is 2. The Morgan fingerprint density at radius 1 is 1.24 bits per heavy atom. The molecule has 1 aliphatic heterocycles. The highest BCUT2D eigenvalue weighted by molar-refractivity contribution is 14.0. The molecule has 29 heavy (non-hydrogen) atoms. The molecule has 1 unspecified atom stereocenters. The van der Waals surface area contributed by atoms with Gasteiger partial charge in [-0.3, -0.25) is 4.90 Å². The van der Waals surface area contributed by atoms with E-state index >= 15 is 0 Å². The van der Waals surface area contributed by atoms with E-state index in [-0.39, 0.29) is 24.0 Å². The summed E-state index contributed by atoms with van der Waals surface area (Å²) in [4.78, 5) is 7.27. The van der Waals surface area contributed by atoms with E-state index in [1.54, 1.807) is 0 Å². The molecule has 164 valence electrons. The monoisotopic (exact) mass is 516 g/mol. The Balaban J connectivity index is 0.00000300. The molecule has 0 amide bonds. The molecule has 0 aromatic heterocycles. The van der Waals surface area contributed by atoms with Gasteiger partial charge in [-0.15, -0.1) is 24.0 Å². The second-order valence-electron chi connectivity index (χ2n) is 7.96. The van der Waals surface area contributed by atoms with Gasteiger partial charge in [0.05, 0.1) is 26.4 Å². The van der Waals surface area contributed by atoms with Crippen LogP contribution in [0.4, 0.5) is 0 Å². The molecule has 1 atom stereocenters. The van der Waals surface area contributed by atoms with E-state index < -0.39 is 0 Å². The molecule has 1 aromatic carbocycles. The van der Waals surface area contributed by atoms with Gasteiger partial charge in [0.15, 0.2) is 5.96 Å². The number of halogens is 1. The van der Waals surface area contributed by atoms with Crippen molar-refractivity contribution in [2.45, 2.75) is 33.2 Å². The predicted octanol–water partition coefficient (Wildman–Crippen LogP) is 3.12. The summed E-state index contributed by atoms with van der Waals surface area (Å²) in [5, 5.41) is 6.86. The van der Waals surface area contributed by atoms with Crippen LogP contribution in [-0.2, 0) is 11.3 Å². The number of guanidine groups is 1. The molecule has 2 N–H and O–H groups in total. The highest BCUT2D eigenvalue weighted by atomic mass is 127. The molecule has 0 radical (unpaired) electrons. The molecule has 1 aliphatic carbocycles. The summed E-state index contributed by atoms with van der Waals surface area (Å²) in [7, 11) is 0. The Morgan fingerprint density at radius 2 is 2.00 bits per heavy atom. The van der Waals surface area contributed by atoms with E-state index in [4.69, 9.17) is 14.5 Å². The summed E-state index contributed by atoms with van der Waals surface area (Å²) in [6.07, 6.45) is 2.61. The van der Waals surface area contributed by atoms with Crippen LogP contribution in [0.15, 0.2) is 29.3 Å². The van der Waals surface area contributed by atoms with E-state index in [1.807, 2.05) is 6.07 Å². The lowest BCUT2D eigenvalue weighted by Gasteiger charge is -2.29. The normalized spacial score (nSPS) is 18.6. The Morgan fingerprint density at radius 3 is 2.72 bits per heavy atom. The summed E-state index contributed by atoms with van der Waals surface area (Å²) in [5.41, 5.74) is 1.14. The molecule has 6 nitrogen and oxygen atoms in total. The zero-order valence-corrected chi connectivity index (χ0v) is 20.2. The topological polar surface area (TPSA) is 58.1 Å². The summed E-state index contributed by atoms with van der Waals surface area (Å²) in [6.45, 7) is 12.5. The maximum Gasteiger partial charge on any atom is 0.191 e. The van der Waals surface area contributed by atoms with Crippen LogP contribution in [0.1, 0.15) is 32.3 Å². The van der Waals surface area contributed by atoms with Crippen LogP contribution in [0.3, 0.4) is 0 Å². The van der Waals surface area contributed by atoms with Crippen LogP contribution >= 0.6 is 24.0 Å². The predicted molar refractivity (Wildman–Crippen MR) is 129 cm³/mol. The minimum absolute atomic E-state index is 0. The van der Waals surface area contributed by atoms with E-state index in [1.165, 1.54) is 12.8 Å². The fourth-order valence-corrected chi connectivity index (χ4v) is 3.33. The molecular formula is C22H37IN4O2. The second-order valence-corrected chi connectivity index (χ2v) is 7.96. The van der Waals surface area contributed by atoms with Crippen molar-refractivity contribution in [3.8, 4) is 5.75 Å². The highest BCUT2D eigenvalue weighted by Crippen LogP contribution is 2.30. The van der Waals surface area contributed by atoms with Gasteiger partial charge in [-0.25, -0.2) is 4.99 Å². The first kappa shape index (κ1) is 24.2. The van der Waals surface area contributed by atoms with Crippen molar-refractivity contribution in [2.24, 2.45) is 16.8 Å². The first-order chi connectivity index (χ1) is 13.7. The third kappa shape index (κ3) is 9.09. The van der Waals surface area contributed by atoms with E-state index in [0.717, 1.165) is 75.7 Å². The lowest BCUT2D eigenvalue weighted by Crippen LogP contribution is -2.44. The van der Waals surface area contributed by atoms with Crippen molar-refractivity contribution in [3.05, 3.63) is 29.8 Å². The second kappa shape index (κ2) is 13.3. The van der Waals surface area contributed by atoms with Crippen molar-refractivity contribution >= 4 is 29.9 Å². The number of rotatable bonds is 10. The lowest BCUT2D eigenvalue weighted by molar-refractivity contribution is 0.0320. The molecule has 2 aliphatic rings. The smallest absolute Gasteiger partial charge is 0.191 e. The molecule has 1 aromatic rings. The molecule has 7 heteroatoms. The zero-order valence-electron chi connectivity index (χ0n) is 17.9. The van der Waals surface area contributed by atoms with Crippen LogP contribution in [0, 0.1) is 11.8 Å². The maximum absolute atomic E-state index is 6.01. The molecule has 0 spiro atoms. The van der Waals surface area contributed by atoms with Gasteiger partial charge in [-0.2, -0.15) is 0 Å². The SMILES string of the molecule is CCNC(=NCc1ccccc1OCC1CC1)NCC(C)CN1CCOCC1.I. The largest absolute Gasteiger partial charge is 0.493 e. The average molecular weight is 516 g/mol. The van der Waals surface area contributed by atoms with Crippen molar-refractivity contribution < 1.29 is 9.47 Å². The summed E-state index contributed by atoms with van der Waals surface area (Å²) >= 11 is 0. The lowest BCUT2D eigenvalue weighted by atomic mass is 10.1. The summed E-state index contributed by atoms with van der Waals surface area (Å²) in [5.74, 6) is 3.14. The fourth-order valence-electron chi connectivity index (χ4n) is 3.33. The Bertz CT molecular complexity index is 619. The van der Waals surface area contributed by atoms with Gasteiger partial charge in [0, 0.05) is 38.3 Å². The van der Waals surface area contributed by atoms with Crippen molar-refractivity contribution in [3.63, 3.8) is 0 Å². The van der Waals surface area contributed by atoms with Crippen LogP contribution in [0.2, 0.25) is 0 Å². The Kier molecular flexibility index (Phi) is 11.1. The molecule has 0 bridgehead atoms. The standard InChI is InChI=1S/C22H36N4O2.HI/c1-3-23-22(24-14-18(2)16-26-10-12-27-13-11-26)25-15-20-6-4-5-7-21(20)28-17-19-8-9-19;/h4-7,18-19H,3,8-17H2,1-2H3,(H2,23,24,25);1H. The van der Waals surface area contributed by atoms with Crippen LogP contribution < -0.4 is 15.4 Å². The zero-order chi connectivity index (χ0) is 19.6. The molecule has 1 saturated carbocycles. The number of para-hydroxylation sites is 1. The number of hydrogen-bond donors (Lipinski definition) is 2. The van der Waals surface area contributed by atoms with Gasteiger partial charge in [0.2, 0.25) is 0 Å². The Hall–Kier alpha value is -1.06. The summed E-state index contributed by atoms with van der Waals surface area (Å²) in [6, 6.07) is 8.25. The Labute approximate surface area is 192 Å². The number of nitrogens with one attached hydrogen (secondary N) is 2. The first-order valence-electron chi connectivity index (χ1n) is 10.8. The highest BCUT2D eigenvalue weighted by Gasteiger charge is 2.22. The molecular weight excluding hydrogens is 479 g/mol. The minimum Gasteiger partial charge on any atom is -0.493 e. The summed E-state index contributed by atoms with van der Waals surface area (Å²) < 4.78 is 11.4. The van der Waals surface area contributed by atoms with Crippen LogP contribution in [0.25, 0.3) is 0 Å². The van der Waals surface area contributed by atoms with E-state index in [9.17, 15) is 0 Å². The van der Waals surface area contributed by atoms with Gasteiger partial charge in [-0.1, -0.05) is 25.1 Å². The van der Waals surface area contributed by atoms with Gasteiger partial charge in [-0.05, 0) is 37.7 Å². The minimum atomic E-state index is 0. The third-order valence-corrected chi connectivity index (χ3v) is 5.19. The van der Waals surface area contributed by atoms with Gasteiger partial charge < -0.3 is 20.1 Å². The van der Waals surface area contributed by atoms with Gasteiger partial charge >= 0.3 is 0 Å². The molecule has 2 fully saturated rings. The van der Waals surface area contributed by atoms with E-state index in [2.05, 4.69) is 47.6 Å². The average Bonchev–Trinajstić information content (AvgIpc) is 3.54. The number of nitrogens with zero attached hydrogens (tertiary/aromatic N) is 2. The fraction of sp³-hybridized carbons (Fsp3) is 0.682.